The Morgan fingerprint density at radius 2 is 2.04 bits per heavy atom. The molecule has 0 radical (unpaired) electrons. The highest BCUT2D eigenvalue weighted by Gasteiger charge is 2.39. The number of ether oxygens (including phenoxy) is 1. The van der Waals surface area contributed by atoms with Gasteiger partial charge < -0.3 is 20.7 Å². The van der Waals surface area contributed by atoms with Crippen LogP contribution in [0.3, 0.4) is 0 Å². The molecule has 0 saturated carbocycles. The van der Waals surface area contributed by atoms with E-state index in [1.54, 1.807) is 19.1 Å². The van der Waals surface area contributed by atoms with Gasteiger partial charge >= 0.3 is 0 Å². The summed E-state index contributed by atoms with van der Waals surface area (Å²) in [5.41, 5.74) is 6.68. The summed E-state index contributed by atoms with van der Waals surface area (Å²) in [6, 6.07) is 4.48. The number of benzene rings is 1. The van der Waals surface area contributed by atoms with E-state index >= 15 is 0 Å². The first kappa shape index (κ1) is 18.9. The second kappa shape index (κ2) is 7.77. The van der Waals surface area contributed by atoms with Crippen LogP contribution in [0.1, 0.15) is 49.9 Å². The van der Waals surface area contributed by atoms with Crippen LogP contribution >= 0.6 is 11.6 Å². The summed E-state index contributed by atoms with van der Waals surface area (Å²) in [5.74, 6) is 5.97. The number of nitrogens with zero attached hydrogens (tertiary/aromatic N) is 1. The molecule has 0 aliphatic carbocycles. The molecule has 2 saturated heterocycles. The first-order chi connectivity index (χ1) is 12.4. The quantitative estimate of drug-likeness (QED) is 0.627. The topological polar surface area (TPSA) is 67.6 Å². The lowest BCUT2D eigenvalue weighted by Crippen LogP contribution is -2.48. The van der Waals surface area contributed by atoms with Gasteiger partial charge in [-0.3, -0.25) is 4.79 Å². The largest absolute Gasteiger partial charge is 0.477 e. The highest BCUT2D eigenvalue weighted by molar-refractivity contribution is 6.33. The number of anilines is 1. The van der Waals surface area contributed by atoms with E-state index in [1.165, 1.54) is 12.8 Å². The number of piperidine rings is 1. The second-order valence-electron chi connectivity index (χ2n) is 7.22. The molecule has 3 N–H and O–H groups in total. The molecular weight excluding hydrogens is 350 g/mol. The fourth-order valence-electron chi connectivity index (χ4n) is 4.06. The maximum atomic E-state index is 12.9. The van der Waals surface area contributed by atoms with E-state index in [9.17, 15) is 4.79 Å². The Balaban J connectivity index is 1.77. The van der Waals surface area contributed by atoms with E-state index in [1.807, 2.05) is 6.92 Å². The predicted octanol–water partition coefficient (Wildman–Crippen LogP) is 3.07. The average molecular weight is 376 g/mol. The minimum Gasteiger partial charge on any atom is -0.477 e. The normalized spacial score (nSPS) is 25.9. The molecule has 1 unspecified atom stereocenters. The van der Waals surface area contributed by atoms with Gasteiger partial charge in [-0.2, -0.15) is 0 Å². The van der Waals surface area contributed by atoms with Crippen LogP contribution in [-0.4, -0.2) is 42.1 Å². The SMILES string of the molecule is CC#C[C@H](C)Oc1cc(N)c(Cl)cc1C(=O)NC1C[C@H]2CC[C@@H](C1)N2C. The molecule has 0 aromatic heterocycles. The number of fused-ring (bicyclic) bond motifs is 2. The van der Waals surface area contributed by atoms with Gasteiger partial charge in [0.25, 0.3) is 5.91 Å². The maximum absolute atomic E-state index is 12.9. The van der Waals surface area contributed by atoms with Gasteiger partial charge in [0.15, 0.2) is 6.10 Å². The molecule has 1 aromatic rings. The van der Waals surface area contributed by atoms with E-state index in [2.05, 4.69) is 29.1 Å². The summed E-state index contributed by atoms with van der Waals surface area (Å²) in [5, 5.41) is 3.52. The van der Waals surface area contributed by atoms with Gasteiger partial charge in [-0.05, 0) is 52.6 Å². The van der Waals surface area contributed by atoms with E-state index in [4.69, 9.17) is 22.1 Å². The number of rotatable bonds is 4. The van der Waals surface area contributed by atoms with Gasteiger partial charge in [0, 0.05) is 24.2 Å². The summed E-state index contributed by atoms with van der Waals surface area (Å²) in [7, 11) is 2.18. The number of nitrogens with two attached hydrogens (primary N) is 1. The zero-order valence-corrected chi connectivity index (χ0v) is 16.3. The minimum absolute atomic E-state index is 0.174. The molecule has 5 nitrogen and oxygen atoms in total. The Bertz CT molecular complexity index is 741. The third-order valence-corrected chi connectivity index (χ3v) is 5.76. The van der Waals surface area contributed by atoms with Crippen LogP contribution in [0.5, 0.6) is 5.75 Å². The van der Waals surface area contributed by atoms with Crippen molar-refractivity contribution in [3.63, 3.8) is 0 Å². The number of carbonyl (C=O) groups is 1. The summed E-state index contributed by atoms with van der Waals surface area (Å²) in [6.07, 6.45) is 4.04. The lowest BCUT2D eigenvalue weighted by Gasteiger charge is -2.36. The van der Waals surface area contributed by atoms with Crippen molar-refractivity contribution in [2.24, 2.45) is 0 Å². The number of amides is 1. The summed E-state index contributed by atoms with van der Waals surface area (Å²) < 4.78 is 5.82. The van der Waals surface area contributed by atoms with Crippen molar-refractivity contribution in [1.82, 2.24) is 10.2 Å². The van der Waals surface area contributed by atoms with Crippen molar-refractivity contribution in [1.29, 1.82) is 0 Å². The van der Waals surface area contributed by atoms with Crippen molar-refractivity contribution in [2.75, 3.05) is 12.8 Å². The zero-order chi connectivity index (χ0) is 18.8. The molecule has 0 spiro atoms. The van der Waals surface area contributed by atoms with Crippen LogP contribution in [0.2, 0.25) is 5.02 Å². The first-order valence-electron chi connectivity index (χ1n) is 9.09. The van der Waals surface area contributed by atoms with Crippen molar-refractivity contribution < 1.29 is 9.53 Å². The molecule has 1 amide bonds. The number of nitrogens with one attached hydrogen (secondary N) is 1. The second-order valence-corrected chi connectivity index (χ2v) is 7.62. The number of hydrogen-bond acceptors (Lipinski definition) is 4. The minimum atomic E-state index is -0.341. The molecule has 26 heavy (non-hydrogen) atoms. The van der Waals surface area contributed by atoms with Gasteiger partial charge in [-0.15, -0.1) is 5.92 Å². The Kier molecular flexibility index (Phi) is 5.64. The van der Waals surface area contributed by atoms with Crippen molar-refractivity contribution in [2.45, 2.75) is 63.8 Å². The summed E-state index contributed by atoms with van der Waals surface area (Å²) in [4.78, 5) is 15.4. The molecule has 2 aliphatic heterocycles. The fourth-order valence-corrected chi connectivity index (χ4v) is 4.22. The van der Waals surface area contributed by atoms with Gasteiger partial charge in [-0.1, -0.05) is 17.5 Å². The number of nitrogen functional groups attached to an aromatic ring is 1. The van der Waals surface area contributed by atoms with Gasteiger partial charge in [-0.25, -0.2) is 0 Å². The molecule has 140 valence electrons. The van der Waals surface area contributed by atoms with Crippen LogP contribution < -0.4 is 15.8 Å². The molecular formula is C20H26ClN3O2. The molecule has 2 fully saturated rings. The Morgan fingerprint density at radius 3 is 2.65 bits per heavy atom. The van der Waals surface area contributed by atoms with E-state index in [0.717, 1.165) is 12.8 Å². The Morgan fingerprint density at radius 1 is 1.38 bits per heavy atom. The maximum Gasteiger partial charge on any atom is 0.255 e. The highest BCUT2D eigenvalue weighted by Crippen LogP contribution is 2.35. The van der Waals surface area contributed by atoms with Crippen molar-refractivity contribution in [3.05, 3.63) is 22.7 Å². The summed E-state index contributed by atoms with van der Waals surface area (Å²) in [6.45, 7) is 3.58. The van der Waals surface area contributed by atoms with Crippen molar-refractivity contribution >= 4 is 23.2 Å². The Hall–Kier alpha value is -1.90. The predicted molar refractivity (Wildman–Crippen MR) is 104 cm³/mol. The number of halogens is 1. The fraction of sp³-hybridized carbons (Fsp3) is 0.550. The monoisotopic (exact) mass is 375 g/mol. The van der Waals surface area contributed by atoms with E-state index < -0.39 is 0 Å². The van der Waals surface area contributed by atoms with Crippen LogP contribution in [0.25, 0.3) is 0 Å². The van der Waals surface area contributed by atoms with Gasteiger partial charge in [0.2, 0.25) is 0 Å². The number of hydrogen-bond donors (Lipinski definition) is 2. The summed E-state index contributed by atoms with van der Waals surface area (Å²) >= 11 is 6.15. The first-order valence-corrected chi connectivity index (χ1v) is 9.47. The third-order valence-electron chi connectivity index (χ3n) is 5.43. The number of carbonyl (C=O) groups excluding carboxylic acids is 1. The molecule has 2 heterocycles. The molecule has 2 aliphatic rings. The van der Waals surface area contributed by atoms with Gasteiger partial charge in [0.1, 0.15) is 5.75 Å². The van der Waals surface area contributed by atoms with Crippen LogP contribution in [0, 0.1) is 11.8 Å². The molecule has 6 heteroatoms. The van der Waals surface area contributed by atoms with Crippen LogP contribution in [0.15, 0.2) is 12.1 Å². The molecule has 4 atom stereocenters. The molecule has 1 aromatic carbocycles. The highest BCUT2D eigenvalue weighted by atomic mass is 35.5. The van der Waals surface area contributed by atoms with Gasteiger partial charge in [0.05, 0.1) is 16.3 Å². The van der Waals surface area contributed by atoms with E-state index in [0.29, 0.717) is 34.1 Å². The standard InChI is InChI=1S/C20H26ClN3O2/c1-4-5-12(2)26-19-11-18(22)17(21)10-16(19)20(25)23-13-8-14-6-7-15(9-13)24(14)3/h10-15H,6-9,22H2,1-3H3,(H,23,25)/t12-,13?,14-,15+/m0/s1. The van der Waals surface area contributed by atoms with Crippen LogP contribution in [0.4, 0.5) is 5.69 Å². The van der Waals surface area contributed by atoms with Crippen LogP contribution in [-0.2, 0) is 0 Å². The molecule has 3 rings (SSSR count). The lowest BCUT2D eigenvalue weighted by atomic mass is 9.97. The lowest BCUT2D eigenvalue weighted by molar-refractivity contribution is 0.0878. The molecule has 2 bridgehead atoms. The van der Waals surface area contributed by atoms with Crippen molar-refractivity contribution in [3.8, 4) is 17.6 Å². The Labute approximate surface area is 160 Å². The smallest absolute Gasteiger partial charge is 0.255 e. The third kappa shape index (κ3) is 3.92. The van der Waals surface area contributed by atoms with E-state index in [-0.39, 0.29) is 18.1 Å². The average Bonchev–Trinajstić information content (AvgIpc) is 2.80. The zero-order valence-electron chi connectivity index (χ0n) is 15.5.